The number of hydrogen-bond acceptors (Lipinski definition) is 5. The van der Waals surface area contributed by atoms with E-state index in [1.807, 2.05) is 5.43 Å². The van der Waals surface area contributed by atoms with Crippen molar-refractivity contribution in [3.63, 3.8) is 0 Å². The lowest BCUT2D eigenvalue weighted by molar-refractivity contribution is 0.0924. The van der Waals surface area contributed by atoms with Crippen molar-refractivity contribution in [3.8, 4) is 0 Å². The number of nitrogen functional groups attached to an aromatic ring is 1. The van der Waals surface area contributed by atoms with Gasteiger partial charge in [0.1, 0.15) is 5.76 Å². The van der Waals surface area contributed by atoms with E-state index in [1.165, 1.54) is 0 Å². The zero-order chi connectivity index (χ0) is 11.1. The van der Waals surface area contributed by atoms with Crippen molar-refractivity contribution in [2.45, 2.75) is 5.75 Å². The summed E-state index contributed by atoms with van der Waals surface area (Å²) in [6.45, 7) is 0.710. The van der Waals surface area contributed by atoms with Gasteiger partial charge < -0.3 is 9.15 Å². The van der Waals surface area contributed by atoms with E-state index in [9.17, 15) is 4.79 Å². The number of thioether (sulfide) groups is 1. The van der Waals surface area contributed by atoms with Crippen LogP contribution in [0.25, 0.3) is 0 Å². The predicted molar refractivity (Wildman–Crippen MR) is 58.4 cm³/mol. The van der Waals surface area contributed by atoms with E-state index in [2.05, 4.69) is 0 Å². The van der Waals surface area contributed by atoms with Gasteiger partial charge in [-0.3, -0.25) is 10.2 Å². The molecule has 1 aromatic rings. The number of ether oxygens (including phenoxy) is 1. The summed E-state index contributed by atoms with van der Waals surface area (Å²) in [7, 11) is 1.66. The number of furan rings is 1. The molecular formula is C9H14N2O3S. The lowest BCUT2D eigenvalue weighted by Crippen LogP contribution is -2.29. The van der Waals surface area contributed by atoms with Crippen LogP contribution in [-0.2, 0) is 10.5 Å². The molecular weight excluding hydrogens is 216 g/mol. The molecule has 1 aromatic heterocycles. The maximum absolute atomic E-state index is 11.0. The number of methoxy groups -OCH3 is 1. The van der Waals surface area contributed by atoms with Gasteiger partial charge in [-0.05, 0) is 12.1 Å². The Hall–Kier alpha value is -0.980. The Morgan fingerprint density at radius 1 is 1.67 bits per heavy atom. The van der Waals surface area contributed by atoms with Crippen molar-refractivity contribution in [1.29, 1.82) is 0 Å². The minimum atomic E-state index is -0.414. The summed E-state index contributed by atoms with van der Waals surface area (Å²) in [6.07, 6.45) is 0. The molecule has 1 heterocycles. The largest absolute Gasteiger partial charge is 0.455 e. The first-order valence-electron chi connectivity index (χ1n) is 4.44. The highest BCUT2D eigenvalue weighted by Crippen LogP contribution is 2.15. The van der Waals surface area contributed by atoms with Crippen LogP contribution in [0.4, 0.5) is 0 Å². The first-order valence-corrected chi connectivity index (χ1v) is 5.59. The summed E-state index contributed by atoms with van der Waals surface area (Å²) in [4.78, 5) is 11.0. The van der Waals surface area contributed by atoms with Crippen molar-refractivity contribution in [2.75, 3.05) is 19.5 Å². The minimum absolute atomic E-state index is 0.236. The van der Waals surface area contributed by atoms with Crippen molar-refractivity contribution in [2.24, 2.45) is 5.84 Å². The summed E-state index contributed by atoms with van der Waals surface area (Å²) < 4.78 is 10.2. The van der Waals surface area contributed by atoms with Crippen LogP contribution < -0.4 is 11.3 Å². The van der Waals surface area contributed by atoms with Gasteiger partial charge in [0.2, 0.25) is 0 Å². The zero-order valence-electron chi connectivity index (χ0n) is 8.49. The van der Waals surface area contributed by atoms with Crippen LogP contribution >= 0.6 is 11.8 Å². The molecule has 0 spiro atoms. The normalized spacial score (nSPS) is 10.3. The first-order chi connectivity index (χ1) is 7.27. The Kier molecular flexibility index (Phi) is 5.23. The third-order valence-corrected chi connectivity index (χ3v) is 2.64. The molecule has 0 aromatic carbocycles. The number of nitrogens with two attached hydrogens (primary N) is 1. The molecule has 0 radical (unpaired) electrons. The summed E-state index contributed by atoms with van der Waals surface area (Å²) >= 11 is 1.68. The molecule has 84 valence electrons. The number of hydrazine groups is 1. The topological polar surface area (TPSA) is 77.5 Å². The van der Waals surface area contributed by atoms with Crippen LogP contribution in [0, 0.1) is 0 Å². The molecule has 3 N–H and O–H groups in total. The molecule has 0 unspecified atom stereocenters. The fourth-order valence-corrected chi connectivity index (χ4v) is 1.75. The van der Waals surface area contributed by atoms with E-state index < -0.39 is 5.91 Å². The molecule has 1 amide bonds. The van der Waals surface area contributed by atoms with E-state index >= 15 is 0 Å². The van der Waals surface area contributed by atoms with E-state index in [-0.39, 0.29) is 5.76 Å². The van der Waals surface area contributed by atoms with Crippen molar-refractivity contribution >= 4 is 17.7 Å². The second-order valence-corrected chi connectivity index (χ2v) is 3.89. The number of hydrogen-bond donors (Lipinski definition) is 2. The van der Waals surface area contributed by atoms with Crippen LogP contribution in [0.1, 0.15) is 16.3 Å². The molecule has 0 saturated heterocycles. The summed E-state index contributed by atoms with van der Waals surface area (Å²) in [5, 5.41) is 0. The highest BCUT2D eigenvalue weighted by molar-refractivity contribution is 7.98. The number of rotatable bonds is 6. The fraction of sp³-hybridized carbons (Fsp3) is 0.444. The molecule has 0 aliphatic rings. The van der Waals surface area contributed by atoms with Crippen molar-refractivity contribution in [1.82, 2.24) is 5.43 Å². The van der Waals surface area contributed by atoms with Gasteiger partial charge in [-0.2, -0.15) is 11.8 Å². The molecule has 0 atom stereocenters. The number of amides is 1. The van der Waals surface area contributed by atoms with E-state index in [0.717, 1.165) is 17.3 Å². The van der Waals surface area contributed by atoms with Crippen molar-refractivity contribution in [3.05, 3.63) is 23.7 Å². The molecule has 5 nitrogen and oxygen atoms in total. The van der Waals surface area contributed by atoms with Gasteiger partial charge in [-0.1, -0.05) is 0 Å². The van der Waals surface area contributed by atoms with Gasteiger partial charge in [-0.25, -0.2) is 5.84 Å². The van der Waals surface area contributed by atoms with Gasteiger partial charge in [0.15, 0.2) is 5.76 Å². The minimum Gasteiger partial charge on any atom is -0.455 e. The van der Waals surface area contributed by atoms with E-state index in [1.54, 1.807) is 31.0 Å². The Labute approximate surface area is 92.3 Å². The summed E-state index contributed by atoms with van der Waals surface area (Å²) in [5.74, 6) is 7.17. The standard InChI is InChI=1S/C9H14N2O3S/c1-13-4-5-15-6-7-2-3-8(14-7)9(12)11-10/h2-3H,4-6,10H2,1H3,(H,11,12). The van der Waals surface area contributed by atoms with E-state index in [0.29, 0.717) is 6.61 Å². The predicted octanol–water partition coefficient (Wildman–Crippen LogP) is 0.763. The third kappa shape index (κ3) is 3.94. The van der Waals surface area contributed by atoms with Gasteiger partial charge in [0.05, 0.1) is 12.4 Å². The summed E-state index contributed by atoms with van der Waals surface area (Å²) in [6, 6.07) is 3.37. The van der Waals surface area contributed by atoms with Crippen LogP contribution in [0.15, 0.2) is 16.5 Å². The molecule has 0 aliphatic heterocycles. The second kappa shape index (κ2) is 6.49. The van der Waals surface area contributed by atoms with Gasteiger partial charge in [-0.15, -0.1) is 0 Å². The first kappa shape index (κ1) is 12.1. The lowest BCUT2D eigenvalue weighted by Gasteiger charge is -1.98. The Morgan fingerprint density at radius 3 is 3.13 bits per heavy atom. The summed E-state index contributed by atoms with van der Waals surface area (Å²) in [5.41, 5.74) is 2.01. The van der Waals surface area contributed by atoms with Gasteiger partial charge >= 0.3 is 5.91 Å². The highest BCUT2D eigenvalue weighted by atomic mass is 32.2. The van der Waals surface area contributed by atoms with E-state index in [4.69, 9.17) is 15.0 Å². The Bertz CT molecular complexity index is 314. The lowest BCUT2D eigenvalue weighted by atomic mass is 10.4. The highest BCUT2D eigenvalue weighted by Gasteiger charge is 2.08. The molecule has 0 fully saturated rings. The zero-order valence-corrected chi connectivity index (χ0v) is 9.30. The second-order valence-electron chi connectivity index (χ2n) is 2.78. The van der Waals surface area contributed by atoms with Crippen LogP contribution in [0.2, 0.25) is 0 Å². The Morgan fingerprint density at radius 2 is 2.47 bits per heavy atom. The maximum atomic E-state index is 11.0. The monoisotopic (exact) mass is 230 g/mol. The van der Waals surface area contributed by atoms with Crippen molar-refractivity contribution < 1.29 is 13.9 Å². The maximum Gasteiger partial charge on any atom is 0.300 e. The third-order valence-electron chi connectivity index (χ3n) is 1.69. The van der Waals surface area contributed by atoms with Crippen LogP contribution in [-0.4, -0.2) is 25.4 Å². The number of nitrogens with one attached hydrogen (secondary N) is 1. The molecule has 15 heavy (non-hydrogen) atoms. The quantitative estimate of drug-likeness (QED) is 0.326. The smallest absolute Gasteiger partial charge is 0.300 e. The Balaban J connectivity index is 2.36. The molecule has 0 bridgehead atoms. The molecule has 0 aliphatic carbocycles. The molecule has 0 saturated carbocycles. The fourth-order valence-electron chi connectivity index (χ4n) is 0.964. The van der Waals surface area contributed by atoms with Gasteiger partial charge in [0.25, 0.3) is 0 Å². The van der Waals surface area contributed by atoms with Crippen LogP contribution in [0.3, 0.4) is 0 Å². The molecule has 1 rings (SSSR count). The van der Waals surface area contributed by atoms with Gasteiger partial charge in [0, 0.05) is 12.9 Å². The molecule has 6 heteroatoms. The number of carbonyl (C=O) groups excluding carboxylic acids is 1. The SMILES string of the molecule is COCCSCc1ccc(C(=O)NN)o1. The average molecular weight is 230 g/mol. The number of carbonyl (C=O) groups is 1. The van der Waals surface area contributed by atoms with Crippen LogP contribution in [0.5, 0.6) is 0 Å². The average Bonchev–Trinajstić information content (AvgIpc) is 2.72.